The lowest BCUT2D eigenvalue weighted by molar-refractivity contribution is 0.101. The second-order valence-corrected chi connectivity index (χ2v) is 6.33. The predicted octanol–water partition coefficient (Wildman–Crippen LogP) is 0.696. The number of H-pyrrole nitrogens is 1. The maximum Gasteiger partial charge on any atom is 0.293 e. The Morgan fingerprint density at radius 2 is 2.15 bits per heavy atom. The smallest absolute Gasteiger partial charge is 0.293 e. The Bertz CT molecular complexity index is 771. The molecule has 0 radical (unpaired) electrons. The van der Waals surface area contributed by atoms with Gasteiger partial charge in [-0.3, -0.25) is 9.89 Å². The standard InChI is InChI=1S/C10H10ClN5O3S/c1-20(18,19)5-2-3-6(11)7(4-5)13-9(17)8-14-10(12)16-15-8/h2-4H,1H3,(H,13,17)(H3,12,14,15,16). The highest BCUT2D eigenvalue weighted by molar-refractivity contribution is 7.90. The van der Waals surface area contributed by atoms with Crippen molar-refractivity contribution >= 4 is 39.0 Å². The number of hydrogen-bond acceptors (Lipinski definition) is 6. The molecule has 20 heavy (non-hydrogen) atoms. The van der Waals surface area contributed by atoms with Gasteiger partial charge in [-0.25, -0.2) is 8.42 Å². The van der Waals surface area contributed by atoms with Crippen molar-refractivity contribution in [2.45, 2.75) is 4.90 Å². The molecule has 2 aromatic rings. The van der Waals surface area contributed by atoms with E-state index in [4.69, 9.17) is 17.3 Å². The van der Waals surface area contributed by atoms with Gasteiger partial charge in [-0.1, -0.05) is 11.6 Å². The molecule has 1 aromatic heterocycles. The lowest BCUT2D eigenvalue weighted by Crippen LogP contribution is -2.14. The van der Waals surface area contributed by atoms with Crippen molar-refractivity contribution in [3.63, 3.8) is 0 Å². The Hall–Kier alpha value is -2.13. The van der Waals surface area contributed by atoms with Crippen LogP contribution in [0.15, 0.2) is 23.1 Å². The van der Waals surface area contributed by atoms with Crippen LogP contribution in [0.3, 0.4) is 0 Å². The summed E-state index contributed by atoms with van der Waals surface area (Å²) in [5.74, 6) is -0.823. The molecule has 0 fully saturated rings. The molecule has 0 saturated heterocycles. The number of amides is 1. The molecule has 106 valence electrons. The van der Waals surface area contributed by atoms with Gasteiger partial charge in [-0.2, -0.15) is 4.98 Å². The summed E-state index contributed by atoms with van der Waals surface area (Å²) in [4.78, 5) is 15.5. The van der Waals surface area contributed by atoms with Crippen LogP contribution in [0.4, 0.5) is 11.6 Å². The molecule has 0 unspecified atom stereocenters. The summed E-state index contributed by atoms with van der Waals surface area (Å²) in [6.07, 6.45) is 1.05. The molecule has 1 amide bonds. The van der Waals surface area contributed by atoms with Crippen molar-refractivity contribution in [3.8, 4) is 0 Å². The number of nitrogen functional groups attached to an aromatic ring is 1. The van der Waals surface area contributed by atoms with Gasteiger partial charge in [0.2, 0.25) is 11.8 Å². The Balaban J connectivity index is 2.31. The summed E-state index contributed by atoms with van der Waals surface area (Å²) in [5, 5.41) is 8.46. The summed E-state index contributed by atoms with van der Waals surface area (Å²) in [6, 6.07) is 3.98. The first-order valence-corrected chi connectivity index (χ1v) is 7.53. The molecule has 4 N–H and O–H groups in total. The van der Waals surface area contributed by atoms with Crippen LogP contribution in [0, 0.1) is 0 Å². The van der Waals surface area contributed by atoms with Crippen molar-refractivity contribution in [1.82, 2.24) is 15.2 Å². The maximum atomic E-state index is 11.8. The van der Waals surface area contributed by atoms with Gasteiger partial charge in [0, 0.05) is 6.26 Å². The van der Waals surface area contributed by atoms with Crippen molar-refractivity contribution in [2.24, 2.45) is 0 Å². The van der Waals surface area contributed by atoms with E-state index < -0.39 is 15.7 Å². The van der Waals surface area contributed by atoms with Crippen LogP contribution in [0.2, 0.25) is 5.02 Å². The molecule has 1 aromatic carbocycles. The Kier molecular flexibility index (Phi) is 3.64. The van der Waals surface area contributed by atoms with Gasteiger partial charge in [-0.05, 0) is 18.2 Å². The van der Waals surface area contributed by atoms with E-state index in [9.17, 15) is 13.2 Å². The van der Waals surface area contributed by atoms with Crippen LogP contribution < -0.4 is 11.1 Å². The van der Waals surface area contributed by atoms with Gasteiger partial charge >= 0.3 is 0 Å². The molecule has 8 nitrogen and oxygen atoms in total. The number of sulfone groups is 1. The first-order chi connectivity index (χ1) is 9.27. The molecular formula is C10H10ClN5O3S. The molecule has 0 aliphatic heterocycles. The van der Waals surface area contributed by atoms with E-state index in [2.05, 4.69) is 20.5 Å². The fourth-order valence-corrected chi connectivity index (χ4v) is 2.20. The quantitative estimate of drug-likeness (QED) is 0.764. The molecule has 0 aliphatic carbocycles. The summed E-state index contributed by atoms with van der Waals surface area (Å²) in [6.45, 7) is 0. The summed E-state index contributed by atoms with van der Waals surface area (Å²) < 4.78 is 22.9. The fourth-order valence-electron chi connectivity index (χ4n) is 1.39. The molecule has 0 bridgehead atoms. The van der Waals surface area contributed by atoms with Crippen molar-refractivity contribution in [2.75, 3.05) is 17.3 Å². The highest BCUT2D eigenvalue weighted by Gasteiger charge is 2.15. The van der Waals surface area contributed by atoms with Crippen LogP contribution in [-0.4, -0.2) is 35.8 Å². The number of nitrogens with zero attached hydrogens (tertiary/aromatic N) is 2. The number of nitrogens with two attached hydrogens (primary N) is 1. The minimum atomic E-state index is -3.40. The number of carbonyl (C=O) groups is 1. The summed E-state index contributed by atoms with van der Waals surface area (Å²) in [7, 11) is -3.40. The maximum absolute atomic E-state index is 11.8. The Morgan fingerprint density at radius 1 is 1.45 bits per heavy atom. The molecule has 10 heteroatoms. The third-order valence-electron chi connectivity index (χ3n) is 2.33. The number of hydrogen-bond donors (Lipinski definition) is 3. The van der Waals surface area contributed by atoms with Crippen LogP contribution in [-0.2, 0) is 9.84 Å². The summed E-state index contributed by atoms with van der Waals surface area (Å²) >= 11 is 5.90. The minimum Gasteiger partial charge on any atom is -0.366 e. The molecular weight excluding hydrogens is 306 g/mol. The van der Waals surface area contributed by atoms with Gasteiger partial charge in [0.15, 0.2) is 9.84 Å². The zero-order chi connectivity index (χ0) is 14.9. The van der Waals surface area contributed by atoms with E-state index >= 15 is 0 Å². The molecule has 0 atom stereocenters. The van der Waals surface area contributed by atoms with Gasteiger partial charge in [0.05, 0.1) is 15.6 Å². The zero-order valence-corrected chi connectivity index (χ0v) is 11.8. The predicted molar refractivity (Wildman–Crippen MR) is 73.3 cm³/mol. The highest BCUT2D eigenvalue weighted by atomic mass is 35.5. The minimum absolute atomic E-state index is 0.0364. The van der Waals surface area contributed by atoms with E-state index in [-0.39, 0.29) is 27.4 Å². The van der Waals surface area contributed by atoms with Gasteiger partial charge in [-0.15, -0.1) is 5.10 Å². The fraction of sp³-hybridized carbons (Fsp3) is 0.100. The number of benzene rings is 1. The molecule has 0 spiro atoms. The number of rotatable bonds is 3. The molecule has 1 heterocycles. The highest BCUT2D eigenvalue weighted by Crippen LogP contribution is 2.25. The molecule has 0 saturated carbocycles. The third-order valence-corrected chi connectivity index (χ3v) is 3.77. The van der Waals surface area contributed by atoms with Crippen LogP contribution in [0.25, 0.3) is 0 Å². The van der Waals surface area contributed by atoms with Crippen LogP contribution >= 0.6 is 11.6 Å². The average Bonchev–Trinajstić information content (AvgIpc) is 2.77. The van der Waals surface area contributed by atoms with Crippen LogP contribution in [0.5, 0.6) is 0 Å². The van der Waals surface area contributed by atoms with E-state index in [1.807, 2.05) is 0 Å². The van der Waals surface area contributed by atoms with Crippen LogP contribution in [0.1, 0.15) is 10.6 Å². The van der Waals surface area contributed by atoms with E-state index in [1.165, 1.54) is 18.2 Å². The van der Waals surface area contributed by atoms with Gasteiger partial charge in [0.1, 0.15) is 0 Å². The average molecular weight is 316 g/mol. The van der Waals surface area contributed by atoms with E-state index in [1.54, 1.807) is 0 Å². The second-order valence-electron chi connectivity index (χ2n) is 3.91. The van der Waals surface area contributed by atoms with Gasteiger partial charge < -0.3 is 11.1 Å². The molecule has 2 rings (SSSR count). The summed E-state index contributed by atoms with van der Waals surface area (Å²) in [5.41, 5.74) is 5.43. The number of carbonyl (C=O) groups excluding carboxylic acids is 1. The number of aromatic nitrogens is 3. The third kappa shape index (κ3) is 3.06. The van der Waals surface area contributed by atoms with Crippen molar-refractivity contribution in [1.29, 1.82) is 0 Å². The lowest BCUT2D eigenvalue weighted by Gasteiger charge is -2.07. The largest absolute Gasteiger partial charge is 0.366 e. The number of aromatic amines is 1. The lowest BCUT2D eigenvalue weighted by atomic mass is 10.3. The topological polar surface area (TPSA) is 131 Å². The Morgan fingerprint density at radius 3 is 2.70 bits per heavy atom. The first-order valence-electron chi connectivity index (χ1n) is 5.26. The second kappa shape index (κ2) is 5.10. The van der Waals surface area contributed by atoms with Crippen molar-refractivity contribution < 1.29 is 13.2 Å². The monoisotopic (exact) mass is 315 g/mol. The van der Waals surface area contributed by atoms with E-state index in [0.717, 1.165) is 6.26 Å². The first kappa shape index (κ1) is 14.3. The number of halogens is 1. The zero-order valence-electron chi connectivity index (χ0n) is 10.2. The van der Waals surface area contributed by atoms with E-state index in [0.29, 0.717) is 0 Å². The Labute approximate surface area is 119 Å². The number of nitrogens with one attached hydrogen (secondary N) is 2. The normalized spacial score (nSPS) is 11.3. The SMILES string of the molecule is CS(=O)(=O)c1ccc(Cl)c(NC(=O)c2nc(N)n[nH]2)c1. The van der Waals surface area contributed by atoms with Crippen molar-refractivity contribution in [3.05, 3.63) is 29.0 Å². The molecule has 0 aliphatic rings. The van der Waals surface area contributed by atoms with Gasteiger partial charge in [0.25, 0.3) is 5.91 Å². The number of anilines is 2.